The average molecular weight is 348 g/mol. The van der Waals surface area contributed by atoms with Crippen LogP contribution in [0.4, 0.5) is 10.1 Å². The number of fused-ring (bicyclic) bond motifs is 1. The van der Waals surface area contributed by atoms with Crippen molar-refractivity contribution in [2.24, 2.45) is 5.92 Å². The van der Waals surface area contributed by atoms with Crippen LogP contribution in [0.5, 0.6) is 5.75 Å². The summed E-state index contributed by atoms with van der Waals surface area (Å²) in [6, 6.07) is 3.34. The van der Waals surface area contributed by atoms with E-state index in [1.54, 1.807) is 6.07 Å². The van der Waals surface area contributed by atoms with Crippen molar-refractivity contribution in [3.05, 3.63) is 28.5 Å². The first-order chi connectivity index (χ1) is 12.1. The second-order valence-electron chi connectivity index (χ2n) is 6.59. The summed E-state index contributed by atoms with van der Waals surface area (Å²) in [5, 5.41) is 9.38. The number of hydrogen-bond acceptors (Lipinski definition) is 6. The van der Waals surface area contributed by atoms with Crippen molar-refractivity contribution in [3.8, 4) is 17.2 Å². The van der Waals surface area contributed by atoms with Gasteiger partial charge in [0.2, 0.25) is 5.89 Å². The van der Waals surface area contributed by atoms with E-state index in [2.05, 4.69) is 27.3 Å². The summed E-state index contributed by atoms with van der Waals surface area (Å²) in [6.45, 7) is 5.37. The maximum absolute atomic E-state index is 14.6. The molecule has 0 saturated carbocycles. The van der Waals surface area contributed by atoms with E-state index in [-0.39, 0.29) is 17.7 Å². The number of aromatic nitrogens is 2. The molecule has 1 fully saturated rings. The lowest BCUT2D eigenvalue weighted by Crippen LogP contribution is -2.46. The highest BCUT2D eigenvalue weighted by Crippen LogP contribution is 2.40. The maximum Gasteiger partial charge on any atom is 0.434 e. The molecule has 1 saturated heterocycles. The molecule has 7 nitrogen and oxygen atoms in total. The van der Waals surface area contributed by atoms with Gasteiger partial charge < -0.3 is 19.4 Å². The van der Waals surface area contributed by atoms with Crippen molar-refractivity contribution < 1.29 is 13.5 Å². The Balaban J connectivity index is 1.71. The van der Waals surface area contributed by atoms with Crippen LogP contribution in [0, 0.1) is 11.7 Å². The molecule has 0 unspecified atom stereocenters. The lowest BCUT2D eigenvalue weighted by Gasteiger charge is -2.41. The van der Waals surface area contributed by atoms with Crippen molar-refractivity contribution in [2.75, 3.05) is 31.1 Å². The van der Waals surface area contributed by atoms with Crippen molar-refractivity contribution >= 4 is 5.69 Å². The standard InChI is InChI=1S/C17H21FN4O3/c1-10(11-2-4-19-5-3-11)22-6-7-24-15-13(18)8-12(9-14(15)22)16-20-21-17(23)25-16/h8-11,19H,2-7H2,1H3,(H,21,23)/t10-/m0/s1. The van der Waals surface area contributed by atoms with E-state index in [1.807, 2.05) is 0 Å². The van der Waals surface area contributed by atoms with E-state index in [0.717, 1.165) is 25.9 Å². The molecule has 0 bridgehead atoms. The number of anilines is 1. The molecule has 1 aromatic carbocycles. The number of hydrogen-bond donors (Lipinski definition) is 2. The third-order valence-corrected chi connectivity index (χ3v) is 5.15. The number of halogens is 1. The molecule has 0 radical (unpaired) electrons. The first kappa shape index (κ1) is 16.1. The molecule has 2 N–H and O–H groups in total. The lowest BCUT2D eigenvalue weighted by molar-refractivity contribution is 0.261. The zero-order valence-electron chi connectivity index (χ0n) is 14.0. The number of rotatable bonds is 3. The van der Waals surface area contributed by atoms with Gasteiger partial charge in [-0.15, -0.1) is 5.10 Å². The Morgan fingerprint density at radius 3 is 2.88 bits per heavy atom. The summed E-state index contributed by atoms with van der Waals surface area (Å²) in [4.78, 5) is 13.4. The second-order valence-corrected chi connectivity index (χ2v) is 6.59. The largest absolute Gasteiger partial charge is 0.486 e. The van der Waals surface area contributed by atoms with E-state index < -0.39 is 11.6 Å². The Morgan fingerprint density at radius 2 is 2.16 bits per heavy atom. The molecule has 4 rings (SSSR count). The molecule has 0 amide bonds. The highest BCUT2D eigenvalue weighted by atomic mass is 19.1. The van der Waals surface area contributed by atoms with Gasteiger partial charge in [-0.1, -0.05) is 0 Å². The van der Waals surface area contributed by atoms with Crippen LogP contribution in [-0.4, -0.2) is 42.5 Å². The summed E-state index contributed by atoms with van der Waals surface area (Å²) in [6.07, 6.45) is 2.20. The van der Waals surface area contributed by atoms with E-state index in [4.69, 9.17) is 9.15 Å². The van der Waals surface area contributed by atoms with E-state index in [0.29, 0.717) is 30.3 Å². The van der Waals surface area contributed by atoms with Gasteiger partial charge in [0.1, 0.15) is 6.61 Å². The van der Waals surface area contributed by atoms with Crippen molar-refractivity contribution in [1.82, 2.24) is 15.5 Å². The van der Waals surface area contributed by atoms with Gasteiger partial charge >= 0.3 is 5.76 Å². The van der Waals surface area contributed by atoms with Crippen LogP contribution in [0.15, 0.2) is 21.3 Å². The molecular formula is C17H21FN4O3. The normalized spacial score (nSPS) is 19.4. The molecule has 2 aliphatic rings. The van der Waals surface area contributed by atoms with E-state index >= 15 is 0 Å². The fraction of sp³-hybridized carbons (Fsp3) is 0.529. The van der Waals surface area contributed by atoms with Crippen molar-refractivity contribution in [3.63, 3.8) is 0 Å². The Bertz CT molecular complexity index is 812. The van der Waals surface area contributed by atoms with Crippen LogP contribution >= 0.6 is 0 Å². The van der Waals surface area contributed by atoms with Gasteiger partial charge in [-0.2, -0.15) is 0 Å². The van der Waals surface area contributed by atoms with E-state index in [9.17, 15) is 9.18 Å². The molecular weight excluding hydrogens is 327 g/mol. The highest BCUT2D eigenvalue weighted by Gasteiger charge is 2.31. The zero-order chi connectivity index (χ0) is 17.4. The minimum atomic E-state index is -0.663. The van der Waals surface area contributed by atoms with Crippen LogP contribution in [0.1, 0.15) is 19.8 Å². The molecule has 0 aliphatic carbocycles. The first-order valence-corrected chi connectivity index (χ1v) is 8.63. The van der Waals surface area contributed by atoms with Crippen LogP contribution in [0.25, 0.3) is 11.5 Å². The third-order valence-electron chi connectivity index (χ3n) is 5.15. The number of ether oxygens (including phenoxy) is 1. The Morgan fingerprint density at radius 1 is 1.36 bits per heavy atom. The highest BCUT2D eigenvalue weighted by molar-refractivity contribution is 5.70. The number of nitrogens with zero attached hydrogens (tertiary/aromatic N) is 2. The zero-order valence-corrected chi connectivity index (χ0v) is 14.0. The average Bonchev–Trinajstić information content (AvgIpc) is 3.08. The quantitative estimate of drug-likeness (QED) is 0.879. The molecule has 1 aromatic heterocycles. The van der Waals surface area contributed by atoms with Gasteiger partial charge in [-0.3, -0.25) is 0 Å². The number of aromatic amines is 1. The van der Waals surface area contributed by atoms with Gasteiger partial charge in [0, 0.05) is 11.6 Å². The Labute approximate surface area is 144 Å². The van der Waals surface area contributed by atoms with Crippen LogP contribution < -0.4 is 20.7 Å². The predicted octanol–water partition coefficient (Wildman–Crippen LogP) is 1.76. The fourth-order valence-corrected chi connectivity index (χ4v) is 3.78. The second kappa shape index (κ2) is 6.51. The smallest absolute Gasteiger partial charge is 0.434 e. The molecule has 25 heavy (non-hydrogen) atoms. The maximum atomic E-state index is 14.6. The number of H-pyrrole nitrogens is 1. The molecule has 3 heterocycles. The fourth-order valence-electron chi connectivity index (χ4n) is 3.78. The number of benzene rings is 1. The van der Waals surface area contributed by atoms with Gasteiger partial charge in [0.05, 0.1) is 12.2 Å². The summed E-state index contributed by atoms with van der Waals surface area (Å²) < 4.78 is 25.1. The van der Waals surface area contributed by atoms with Crippen LogP contribution in [0.2, 0.25) is 0 Å². The van der Waals surface area contributed by atoms with Gasteiger partial charge in [-0.25, -0.2) is 14.3 Å². The van der Waals surface area contributed by atoms with Gasteiger partial charge in [-0.05, 0) is 50.9 Å². The van der Waals surface area contributed by atoms with E-state index in [1.165, 1.54) is 6.07 Å². The molecule has 0 spiro atoms. The Kier molecular flexibility index (Phi) is 4.20. The minimum absolute atomic E-state index is 0.0757. The predicted molar refractivity (Wildman–Crippen MR) is 90.4 cm³/mol. The third kappa shape index (κ3) is 3.02. The monoisotopic (exact) mass is 348 g/mol. The summed E-state index contributed by atoms with van der Waals surface area (Å²) >= 11 is 0. The lowest BCUT2D eigenvalue weighted by atomic mass is 9.89. The SMILES string of the molecule is C[C@@H](C1CCNCC1)N1CCOc2c(F)cc(-c3n[nH]c(=O)o3)cc21. The first-order valence-electron chi connectivity index (χ1n) is 8.63. The summed E-state index contributed by atoms with van der Waals surface area (Å²) in [5.74, 6) is -0.257. The molecule has 1 atom stereocenters. The van der Waals surface area contributed by atoms with Gasteiger partial charge in [0.15, 0.2) is 11.6 Å². The Hall–Kier alpha value is -2.35. The molecule has 134 valence electrons. The minimum Gasteiger partial charge on any atom is -0.486 e. The van der Waals surface area contributed by atoms with Gasteiger partial charge in [0.25, 0.3) is 0 Å². The van der Waals surface area contributed by atoms with Crippen molar-refractivity contribution in [2.45, 2.75) is 25.8 Å². The number of piperidine rings is 1. The topological polar surface area (TPSA) is 83.4 Å². The molecule has 2 aromatic rings. The van der Waals surface area contributed by atoms with Crippen LogP contribution in [-0.2, 0) is 0 Å². The summed E-state index contributed by atoms with van der Waals surface area (Å²) in [7, 11) is 0. The molecule has 8 heteroatoms. The summed E-state index contributed by atoms with van der Waals surface area (Å²) in [5.41, 5.74) is 1.11. The van der Waals surface area contributed by atoms with Crippen LogP contribution in [0.3, 0.4) is 0 Å². The number of nitrogens with one attached hydrogen (secondary N) is 2. The molecule has 2 aliphatic heterocycles. The van der Waals surface area contributed by atoms with Crippen molar-refractivity contribution in [1.29, 1.82) is 0 Å².